The number of aryl methyl sites for hydroxylation is 1. The van der Waals surface area contributed by atoms with Gasteiger partial charge in [0.1, 0.15) is 16.3 Å². The molecule has 0 spiro atoms. The zero-order valence-electron chi connectivity index (χ0n) is 15.5. The molecule has 0 saturated carbocycles. The molecule has 2 aromatic heterocycles. The first-order valence-corrected chi connectivity index (χ1v) is 9.74. The number of hydrogen-bond acceptors (Lipinski definition) is 6. The van der Waals surface area contributed by atoms with Crippen LogP contribution in [0, 0.1) is 6.92 Å². The lowest BCUT2D eigenvalue weighted by Crippen LogP contribution is -2.17. The molecule has 0 fully saturated rings. The Hall–Kier alpha value is -2.77. The number of thiophene rings is 1. The fraction of sp³-hybridized carbons (Fsp3) is 0.200. The molecular weight excluding hydrogens is 398 g/mol. The number of nitrogens with one attached hydrogen (secondary N) is 1. The molecule has 1 amide bonds. The average Bonchev–Trinajstić information content (AvgIpc) is 2.98. The molecule has 28 heavy (non-hydrogen) atoms. The van der Waals surface area contributed by atoms with Crippen molar-refractivity contribution in [3.63, 3.8) is 0 Å². The number of rotatable bonds is 5. The molecule has 1 aromatic carbocycles. The van der Waals surface area contributed by atoms with Crippen molar-refractivity contribution in [2.24, 2.45) is 0 Å². The molecule has 6 nitrogen and oxygen atoms in total. The van der Waals surface area contributed by atoms with Crippen LogP contribution in [-0.4, -0.2) is 27.9 Å². The van der Waals surface area contributed by atoms with Crippen molar-refractivity contribution in [1.82, 2.24) is 9.97 Å². The maximum absolute atomic E-state index is 12.8. The van der Waals surface area contributed by atoms with Gasteiger partial charge in [-0.2, -0.15) is 0 Å². The largest absolute Gasteiger partial charge is 0.459 e. The van der Waals surface area contributed by atoms with Gasteiger partial charge in [0, 0.05) is 27.9 Å². The van der Waals surface area contributed by atoms with E-state index in [2.05, 4.69) is 15.3 Å². The summed E-state index contributed by atoms with van der Waals surface area (Å²) in [6.45, 7) is 5.44. The highest BCUT2D eigenvalue weighted by Crippen LogP contribution is 2.41. The van der Waals surface area contributed by atoms with Crippen LogP contribution in [0.2, 0.25) is 5.02 Å². The summed E-state index contributed by atoms with van der Waals surface area (Å²) in [6, 6.07) is 7.17. The molecule has 0 radical (unpaired) electrons. The molecule has 144 valence electrons. The molecule has 1 N–H and O–H groups in total. The number of ether oxygens (including phenoxy) is 1. The van der Waals surface area contributed by atoms with Gasteiger partial charge in [-0.1, -0.05) is 23.7 Å². The lowest BCUT2D eigenvalue weighted by atomic mass is 10.0. The van der Waals surface area contributed by atoms with E-state index in [0.717, 1.165) is 10.4 Å². The van der Waals surface area contributed by atoms with E-state index in [-0.39, 0.29) is 11.8 Å². The van der Waals surface area contributed by atoms with Gasteiger partial charge in [0.15, 0.2) is 0 Å². The Bertz CT molecular complexity index is 1000. The van der Waals surface area contributed by atoms with E-state index in [1.165, 1.54) is 29.9 Å². The highest BCUT2D eigenvalue weighted by Gasteiger charge is 2.26. The SMILES string of the molecule is Cc1sc(NC(=O)c2cnccn2)c(C(=O)OC(C)C)c1-c1ccc(Cl)cc1. The van der Waals surface area contributed by atoms with Crippen LogP contribution in [0.3, 0.4) is 0 Å². The Morgan fingerprint density at radius 2 is 1.89 bits per heavy atom. The van der Waals surface area contributed by atoms with Gasteiger partial charge in [0.05, 0.1) is 12.3 Å². The molecule has 8 heteroatoms. The summed E-state index contributed by atoms with van der Waals surface area (Å²) in [7, 11) is 0. The first-order valence-electron chi connectivity index (χ1n) is 8.54. The quantitative estimate of drug-likeness (QED) is 0.594. The van der Waals surface area contributed by atoms with E-state index in [0.29, 0.717) is 21.2 Å². The van der Waals surface area contributed by atoms with E-state index in [1.54, 1.807) is 26.0 Å². The van der Waals surface area contributed by atoms with Crippen molar-refractivity contribution < 1.29 is 14.3 Å². The summed E-state index contributed by atoms with van der Waals surface area (Å²) in [5.74, 6) is -0.950. The molecule has 2 heterocycles. The van der Waals surface area contributed by atoms with E-state index in [1.807, 2.05) is 19.1 Å². The molecule has 0 atom stereocenters. The maximum Gasteiger partial charge on any atom is 0.342 e. The van der Waals surface area contributed by atoms with E-state index >= 15 is 0 Å². The molecule has 0 unspecified atom stereocenters. The number of nitrogens with zero attached hydrogens (tertiary/aromatic N) is 2. The van der Waals surface area contributed by atoms with Crippen LogP contribution in [0.5, 0.6) is 0 Å². The third kappa shape index (κ3) is 4.37. The van der Waals surface area contributed by atoms with Crippen molar-refractivity contribution in [2.75, 3.05) is 5.32 Å². The fourth-order valence-electron chi connectivity index (χ4n) is 2.65. The smallest absolute Gasteiger partial charge is 0.342 e. The van der Waals surface area contributed by atoms with Gasteiger partial charge < -0.3 is 10.1 Å². The van der Waals surface area contributed by atoms with Crippen LogP contribution in [-0.2, 0) is 4.74 Å². The first kappa shape index (κ1) is 20.0. The molecule has 0 saturated heterocycles. The van der Waals surface area contributed by atoms with Crippen molar-refractivity contribution >= 4 is 39.8 Å². The summed E-state index contributed by atoms with van der Waals surface area (Å²) in [5.41, 5.74) is 2.00. The number of hydrogen-bond donors (Lipinski definition) is 1. The number of amides is 1. The standard InChI is InChI=1S/C20H18ClN3O3S/c1-11(2)27-20(26)17-16(13-4-6-14(21)7-5-13)12(3)28-19(17)24-18(25)15-10-22-8-9-23-15/h4-11H,1-3H3,(H,24,25). The normalized spacial score (nSPS) is 10.8. The second kappa shape index (κ2) is 8.50. The number of carbonyl (C=O) groups excluding carboxylic acids is 2. The second-order valence-electron chi connectivity index (χ2n) is 6.24. The summed E-state index contributed by atoms with van der Waals surface area (Å²) in [4.78, 5) is 34.1. The van der Waals surface area contributed by atoms with Gasteiger partial charge >= 0.3 is 5.97 Å². The Balaban J connectivity index is 2.06. The number of halogens is 1. The lowest BCUT2D eigenvalue weighted by Gasteiger charge is -2.12. The molecular formula is C20H18ClN3O3S. The third-order valence-corrected chi connectivity index (χ3v) is 5.06. The predicted molar refractivity (Wildman–Crippen MR) is 110 cm³/mol. The molecule has 0 bridgehead atoms. The number of carbonyl (C=O) groups is 2. The summed E-state index contributed by atoms with van der Waals surface area (Å²) in [6.07, 6.45) is 3.98. The Morgan fingerprint density at radius 3 is 2.50 bits per heavy atom. The van der Waals surface area contributed by atoms with E-state index in [4.69, 9.17) is 16.3 Å². The molecule has 3 rings (SSSR count). The number of anilines is 1. The van der Waals surface area contributed by atoms with Gasteiger partial charge in [-0.15, -0.1) is 11.3 Å². The van der Waals surface area contributed by atoms with Crippen LogP contribution < -0.4 is 5.32 Å². The minimum Gasteiger partial charge on any atom is -0.459 e. The average molecular weight is 416 g/mol. The zero-order chi connectivity index (χ0) is 20.3. The molecule has 0 aliphatic carbocycles. The summed E-state index contributed by atoms with van der Waals surface area (Å²) < 4.78 is 5.43. The predicted octanol–water partition coefficient (Wildman–Crippen LogP) is 4.98. The maximum atomic E-state index is 12.8. The molecule has 3 aromatic rings. The van der Waals surface area contributed by atoms with E-state index in [9.17, 15) is 9.59 Å². The van der Waals surface area contributed by atoms with Gasteiger partial charge in [-0.05, 0) is 38.5 Å². The summed E-state index contributed by atoms with van der Waals surface area (Å²) in [5, 5.41) is 3.78. The van der Waals surface area contributed by atoms with Crippen molar-refractivity contribution in [1.29, 1.82) is 0 Å². The Kier molecular flexibility index (Phi) is 6.06. The van der Waals surface area contributed by atoms with Crippen LogP contribution >= 0.6 is 22.9 Å². The topological polar surface area (TPSA) is 81.2 Å². The third-order valence-electron chi connectivity index (χ3n) is 3.79. The van der Waals surface area contributed by atoms with Gasteiger partial charge in [-0.25, -0.2) is 9.78 Å². The number of aromatic nitrogens is 2. The van der Waals surface area contributed by atoms with E-state index < -0.39 is 11.9 Å². The molecule has 0 aliphatic rings. The van der Waals surface area contributed by atoms with Gasteiger partial charge in [0.2, 0.25) is 0 Å². The Morgan fingerprint density at radius 1 is 1.18 bits per heavy atom. The molecule has 0 aliphatic heterocycles. The van der Waals surface area contributed by atoms with Gasteiger partial charge in [-0.3, -0.25) is 9.78 Å². The number of esters is 1. The van der Waals surface area contributed by atoms with Crippen LogP contribution in [0.4, 0.5) is 5.00 Å². The lowest BCUT2D eigenvalue weighted by molar-refractivity contribution is 0.0380. The monoisotopic (exact) mass is 415 g/mol. The first-order chi connectivity index (χ1) is 13.4. The Labute approximate surface area is 171 Å². The fourth-order valence-corrected chi connectivity index (χ4v) is 3.83. The highest BCUT2D eigenvalue weighted by atomic mass is 35.5. The van der Waals surface area contributed by atoms with Crippen LogP contribution in [0.15, 0.2) is 42.9 Å². The van der Waals surface area contributed by atoms with Crippen LogP contribution in [0.25, 0.3) is 11.1 Å². The van der Waals surface area contributed by atoms with Gasteiger partial charge in [0.25, 0.3) is 5.91 Å². The number of benzene rings is 1. The van der Waals surface area contributed by atoms with Crippen LogP contribution in [0.1, 0.15) is 39.6 Å². The van der Waals surface area contributed by atoms with Crippen molar-refractivity contribution in [2.45, 2.75) is 26.9 Å². The second-order valence-corrected chi connectivity index (χ2v) is 7.90. The van der Waals surface area contributed by atoms with Crippen molar-refractivity contribution in [3.8, 4) is 11.1 Å². The zero-order valence-corrected chi connectivity index (χ0v) is 17.1. The van der Waals surface area contributed by atoms with Crippen molar-refractivity contribution in [3.05, 3.63) is 64.0 Å². The summed E-state index contributed by atoms with van der Waals surface area (Å²) >= 11 is 7.30. The highest BCUT2D eigenvalue weighted by molar-refractivity contribution is 7.17. The minimum atomic E-state index is -0.501. The minimum absolute atomic E-state index is 0.157.